The van der Waals surface area contributed by atoms with Gasteiger partial charge in [-0.25, -0.2) is 0 Å². The molecule has 2 saturated heterocycles. The van der Waals surface area contributed by atoms with Gasteiger partial charge in [-0.2, -0.15) is 0 Å². The number of nitrogens with zero attached hydrogens (tertiary/aromatic N) is 3. The lowest BCUT2D eigenvalue weighted by atomic mass is 10.2. The van der Waals surface area contributed by atoms with Gasteiger partial charge in [0, 0.05) is 58.1 Å². The summed E-state index contributed by atoms with van der Waals surface area (Å²) in [6.07, 6.45) is 2.63. The monoisotopic (exact) mass is 303 g/mol. The summed E-state index contributed by atoms with van der Waals surface area (Å²) >= 11 is 0. The third-order valence-corrected chi connectivity index (χ3v) is 5.06. The Labute approximate surface area is 134 Å². The first-order valence-electron chi connectivity index (χ1n) is 8.62. The van der Waals surface area contributed by atoms with E-state index in [1.165, 1.54) is 51.3 Å². The highest BCUT2D eigenvalue weighted by atomic mass is 16.5. The van der Waals surface area contributed by atoms with Crippen molar-refractivity contribution in [2.45, 2.75) is 18.9 Å². The molecule has 22 heavy (non-hydrogen) atoms. The minimum atomic E-state index is 0.649. The van der Waals surface area contributed by atoms with E-state index in [0.29, 0.717) is 6.04 Å². The molecule has 2 heterocycles. The summed E-state index contributed by atoms with van der Waals surface area (Å²) in [5, 5.41) is 0. The molecular formula is C18H29N3O. The number of para-hydroxylation sites is 1. The highest BCUT2D eigenvalue weighted by molar-refractivity contribution is 5.46. The Morgan fingerprint density at radius 2 is 1.77 bits per heavy atom. The van der Waals surface area contributed by atoms with Gasteiger partial charge in [0.1, 0.15) is 0 Å². The van der Waals surface area contributed by atoms with E-state index in [-0.39, 0.29) is 0 Å². The predicted molar refractivity (Wildman–Crippen MR) is 91.6 cm³/mol. The van der Waals surface area contributed by atoms with Gasteiger partial charge in [0.25, 0.3) is 0 Å². The SMILES string of the molecule is COC[C@@H]1CCCN1CCN1CCN(c2ccccc2)CC1. The number of piperazine rings is 1. The molecule has 0 spiro atoms. The van der Waals surface area contributed by atoms with Gasteiger partial charge in [0.05, 0.1) is 6.61 Å². The van der Waals surface area contributed by atoms with E-state index in [0.717, 1.165) is 19.7 Å². The fourth-order valence-electron chi connectivity index (χ4n) is 3.71. The van der Waals surface area contributed by atoms with Crippen LogP contribution in [0.2, 0.25) is 0 Å². The Hall–Kier alpha value is -1.10. The van der Waals surface area contributed by atoms with Crippen LogP contribution in [0.25, 0.3) is 0 Å². The van der Waals surface area contributed by atoms with Crippen molar-refractivity contribution in [3.8, 4) is 0 Å². The first-order chi connectivity index (χ1) is 10.9. The summed E-state index contributed by atoms with van der Waals surface area (Å²) in [6, 6.07) is 11.4. The molecule has 1 aromatic rings. The van der Waals surface area contributed by atoms with Crippen LogP contribution in [0.1, 0.15) is 12.8 Å². The zero-order chi connectivity index (χ0) is 15.2. The molecule has 0 radical (unpaired) electrons. The Bertz CT molecular complexity index is 431. The molecular weight excluding hydrogens is 274 g/mol. The lowest BCUT2D eigenvalue weighted by molar-refractivity contribution is 0.106. The Morgan fingerprint density at radius 1 is 1.00 bits per heavy atom. The molecule has 4 heteroatoms. The zero-order valence-corrected chi connectivity index (χ0v) is 13.8. The van der Waals surface area contributed by atoms with Crippen LogP contribution in [-0.2, 0) is 4.74 Å². The van der Waals surface area contributed by atoms with Crippen molar-refractivity contribution in [2.24, 2.45) is 0 Å². The third kappa shape index (κ3) is 4.00. The molecule has 0 amide bonds. The molecule has 122 valence electrons. The van der Waals surface area contributed by atoms with E-state index in [9.17, 15) is 0 Å². The number of hydrogen-bond donors (Lipinski definition) is 0. The van der Waals surface area contributed by atoms with Gasteiger partial charge in [-0.3, -0.25) is 9.80 Å². The quantitative estimate of drug-likeness (QED) is 0.799. The summed E-state index contributed by atoms with van der Waals surface area (Å²) in [4.78, 5) is 7.73. The van der Waals surface area contributed by atoms with Gasteiger partial charge in [-0.05, 0) is 31.5 Å². The minimum Gasteiger partial charge on any atom is -0.383 e. The highest BCUT2D eigenvalue weighted by Gasteiger charge is 2.25. The Kier molecular flexibility index (Phi) is 5.70. The molecule has 3 rings (SSSR count). The maximum absolute atomic E-state index is 5.35. The van der Waals surface area contributed by atoms with Crippen molar-refractivity contribution in [1.29, 1.82) is 0 Å². The van der Waals surface area contributed by atoms with Crippen LogP contribution in [0, 0.1) is 0 Å². The summed E-state index contributed by atoms with van der Waals surface area (Å²) in [5.74, 6) is 0. The predicted octanol–water partition coefficient (Wildman–Crippen LogP) is 1.92. The lowest BCUT2D eigenvalue weighted by Crippen LogP contribution is -2.49. The standard InChI is InChI=1S/C18H29N3O/c1-22-16-18-8-5-9-20(18)13-10-19-11-14-21(15-12-19)17-6-3-2-4-7-17/h2-4,6-7,18H,5,8-16H2,1H3/t18-/m0/s1. The number of anilines is 1. The zero-order valence-electron chi connectivity index (χ0n) is 13.8. The summed E-state index contributed by atoms with van der Waals surface area (Å²) in [5.41, 5.74) is 1.36. The second kappa shape index (κ2) is 7.95. The van der Waals surface area contributed by atoms with Crippen LogP contribution in [0.5, 0.6) is 0 Å². The molecule has 0 N–H and O–H groups in total. The number of rotatable bonds is 6. The van der Waals surface area contributed by atoms with Crippen LogP contribution in [0.4, 0.5) is 5.69 Å². The van der Waals surface area contributed by atoms with E-state index in [1.807, 2.05) is 7.11 Å². The molecule has 0 aliphatic carbocycles. The van der Waals surface area contributed by atoms with Crippen molar-refractivity contribution in [1.82, 2.24) is 9.80 Å². The van der Waals surface area contributed by atoms with Gasteiger partial charge in [0.15, 0.2) is 0 Å². The van der Waals surface area contributed by atoms with Crippen LogP contribution < -0.4 is 4.90 Å². The van der Waals surface area contributed by atoms with Gasteiger partial charge in [-0.15, -0.1) is 0 Å². The lowest BCUT2D eigenvalue weighted by Gasteiger charge is -2.37. The number of hydrogen-bond acceptors (Lipinski definition) is 4. The highest BCUT2D eigenvalue weighted by Crippen LogP contribution is 2.18. The molecule has 0 bridgehead atoms. The smallest absolute Gasteiger partial charge is 0.0618 e. The van der Waals surface area contributed by atoms with Crippen molar-refractivity contribution < 1.29 is 4.74 Å². The molecule has 0 aromatic heterocycles. The minimum absolute atomic E-state index is 0.649. The van der Waals surface area contributed by atoms with E-state index in [1.54, 1.807) is 0 Å². The van der Waals surface area contributed by atoms with Gasteiger partial charge in [0.2, 0.25) is 0 Å². The van der Waals surface area contributed by atoms with Crippen molar-refractivity contribution in [2.75, 3.05) is 64.4 Å². The van der Waals surface area contributed by atoms with E-state index < -0.39 is 0 Å². The topological polar surface area (TPSA) is 19.0 Å². The molecule has 1 atom stereocenters. The van der Waals surface area contributed by atoms with E-state index in [4.69, 9.17) is 4.74 Å². The average Bonchev–Trinajstić information content (AvgIpc) is 3.02. The average molecular weight is 303 g/mol. The van der Waals surface area contributed by atoms with Crippen molar-refractivity contribution >= 4 is 5.69 Å². The van der Waals surface area contributed by atoms with Crippen LogP contribution in [0.3, 0.4) is 0 Å². The summed E-state index contributed by atoms with van der Waals surface area (Å²) in [7, 11) is 1.82. The van der Waals surface area contributed by atoms with Gasteiger partial charge < -0.3 is 9.64 Å². The number of ether oxygens (including phenoxy) is 1. The summed E-state index contributed by atoms with van der Waals surface area (Å²) < 4.78 is 5.35. The molecule has 4 nitrogen and oxygen atoms in total. The van der Waals surface area contributed by atoms with Crippen LogP contribution in [-0.4, -0.2) is 75.4 Å². The van der Waals surface area contributed by atoms with Gasteiger partial charge >= 0.3 is 0 Å². The third-order valence-electron chi connectivity index (χ3n) is 5.06. The van der Waals surface area contributed by atoms with Crippen molar-refractivity contribution in [3.05, 3.63) is 30.3 Å². The second-order valence-electron chi connectivity index (χ2n) is 6.45. The largest absolute Gasteiger partial charge is 0.383 e. The normalized spacial score (nSPS) is 24.0. The van der Waals surface area contributed by atoms with E-state index >= 15 is 0 Å². The summed E-state index contributed by atoms with van der Waals surface area (Å²) in [6.45, 7) is 9.17. The maximum Gasteiger partial charge on any atom is 0.0618 e. The number of benzene rings is 1. The molecule has 2 fully saturated rings. The molecule has 1 aromatic carbocycles. The number of methoxy groups -OCH3 is 1. The fourth-order valence-corrected chi connectivity index (χ4v) is 3.71. The molecule has 2 aliphatic rings. The van der Waals surface area contributed by atoms with Gasteiger partial charge in [-0.1, -0.05) is 18.2 Å². The first-order valence-corrected chi connectivity index (χ1v) is 8.62. The van der Waals surface area contributed by atoms with Crippen LogP contribution >= 0.6 is 0 Å². The maximum atomic E-state index is 5.35. The molecule has 2 aliphatic heterocycles. The van der Waals surface area contributed by atoms with Crippen molar-refractivity contribution in [3.63, 3.8) is 0 Å². The molecule has 0 saturated carbocycles. The van der Waals surface area contributed by atoms with E-state index in [2.05, 4.69) is 45.0 Å². The first kappa shape index (κ1) is 15.8. The fraction of sp³-hybridized carbons (Fsp3) is 0.667. The second-order valence-corrected chi connectivity index (χ2v) is 6.45. The molecule has 0 unspecified atom stereocenters. The number of likely N-dealkylation sites (tertiary alicyclic amines) is 1. The Balaban J connectivity index is 1.41. The Morgan fingerprint density at radius 3 is 2.50 bits per heavy atom. The van der Waals surface area contributed by atoms with Crippen LogP contribution in [0.15, 0.2) is 30.3 Å².